The number of hydrogen-bond donors (Lipinski definition) is 3. The van der Waals surface area contributed by atoms with Gasteiger partial charge >= 0.3 is 0 Å². The second kappa shape index (κ2) is 8.35. The zero-order chi connectivity index (χ0) is 21.2. The first kappa shape index (κ1) is 19.5. The number of rotatable bonds is 4. The number of fused-ring (bicyclic) bond motifs is 1. The molecule has 3 unspecified atom stereocenters. The molecule has 3 N–H and O–H groups in total. The Labute approximate surface area is 180 Å². The molecule has 2 heterocycles. The van der Waals surface area contributed by atoms with Crippen molar-refractivity contribution in [3.8, 4) is 5.69 Å². The Bertz CT molecular complexity index is 1080. The van der Waals surface area contributed by atoms with Crippen LogP contribution in [0.4, 0.5) is 5.69 Å². The van der Waals surface area contributed by atoms with Gasteiger partial charge in [-0.1, -0.05) is 43.2 Å². The smallest absolute Gasteiger partial charge is 0.258 e. The first-order valence-electron chi connectivity index (χ1n) is 10.8. The summed E-state index contributed by atoms with van der Waals surface area (Å²) in [5, 5.41) is 7.22. The number of aromatic nitrogens is 2. The van der Waals surface area contributed by atoms with E-state index in [9.17, 15) is 9.59 Å². The number of carbonyl (C=O) groups excluding carboxylic acids is 2. The lowest BCUT2D eigenvalue weighted by Gasteiger charge is -2.41. The average Bonchev–Trinajstić information content (AvgIpc) is 3.32. The summed E-state index contributed by atoms with van der Waals surface area (Å²) in [5.74, 6) is 0.304. The van der Waals surface area contributed by atoms with Gasteiger partial charge in [0.2, 0.25) is 5.91 Å². The molecule has 3 aromatic rings. The van der Waals surface area contributed by atoms with E-state index < -0.39 is 0 Å². The fraction of sp³-hybridized carbons (Fsp3) is 0.292. The van der Waals surface area contributed by atoms with Gasteiger partial charge in [-0.05, 0) is 48.6 Å². The highest BCUT2D eigenvalue weighted by molar-refractivity contribution is 6.04. The van der Waals surface area contributed by atoms with Crippen LogP contribution in [0.3, 0.4) is 0 Å². The number of amides is 2. The molecule has 0 spiro atoms. The predicted octanol–water partition coefficient (Wildman–Crippen LogP) is 3.61. The zero-order valence-electron chi connectivity index (χ0n) is 17.1. The van der Waals surface area contributed by atoms with Gasteiger partial charge in [-0.2, -0.15) is 5.10 Å². The van der Waals surface area contributed by atoms with Crippen LogP contribution in [0.25, 0.3) is 5.69 Å². The van der Waals surface area contributed by atoms with Crippen molar-refractivity contribution in [3.63, 3.8) is 0 Å². The third-order valence-electron chi connectivity index (χ3n) is 6.33. The zero-order valence-corrected chi connectivity index (χ0v) is 17.1. The van der Waals surface area contributed by atoms with Crippen LogP contribution in [-0.4, -0.2) is 21.6 Å². The molecule has 2 fully saturated rings. The lowest BCUT2D eigenvalue weighted by atomic mass is 9.72. The highest BCUT2D eigenvalue weighted by Gasteiger charge is 2.40. The number of hydrogen-bond acceptors (Lipinski definition) is 4. The number of carbonyl (C=O) groups is 2. The minimum atomic E-state index is -0.203. The number of para-hydroxylation sites is 1. The largest absolute Gasteiger partial charge is 0.322 e. The van der Waals surface area contributed by atoms with Crippen molar-refractivity contribution in [2.45, 2.75) is 31.7 Å². The molecule has 158 valence electrons. The predicted molar refractivity (Wildman–Crippen MR) is 117 cm³/mol. The summed E-state index contributed by atoms with van der Waals surface area (Å²) in [6, 6.07) is 17.6. The van der Waals surface area contributed by atoms with Gasteiger partial charge in [-0.25, -0.2) is 10.1 Å². The number of nitrogens with one attached hydrogen (secondary N) is 3. The average molecular weight is 415 g/mol. The number of hydrazine groups is 1. The monoisotopic (exact) mass is 415 g/mol. The van der Waals surface area contributed by atoms with Crippen LogP contribution in [0.2, 0.25) is 0 Å². The van der Waals surface area contributed by atoms with Crippen LogP contribution >= 0.6 is 0 Å². The lowest BCUT2D eigenvalue weighted by molar-refractivity contribution is -0.133. The maximum atomic E-state index is 12.6. The normalized spacial score (nSPS) is 23.0. The molecule has 31 heavy (non-hydrogen) atoms. The van der Waals surface area contributed by atoms with Crippen LogP contribution in [-0.2, 0) is 4.79 Å². The molecule has 1 aromatic heterocycles. The Morgan fingerprint density at radius 3 is 2.61 bits per heavy atom. The number of nitrogens with zero attached hydrogens (tertiary/aromatic N) is 2. The molecule has 2 aliphatic rings. The van der Waals surface area contributed by atoms with Crippen LogP contribution in [0.15, 0.2) is 67.0 Å². The Morgan fingerprint density at radius 1 is 1.03 bits per heavy atom. The second-order valence-corrected chi connectivity index (χ2v) is 8.25. The summed E-state index contributed by atoms with van der Waals surface area (Å²) in [5.41, 5.74) is 9.27. The molecule has 0 radical (unpaired) electrons. The molecular formula is C24H25N5O2. The molecule has 2 aromatic carbocycles. The first-order chi connectivity index (χ1) is 15.2. The van der Waals surface area contributed by atoms with E-state index in [0.29, 0.717) is 11.5 Å². The Kier molecular flexibility index (Phi) is 5.26. The summed E-state index contributed by atoms with van der Waals surface area (Å²) >= 11 is 0. The van der Waals surface area contributed by atoms with Gasteiger partial charge in [0.1, 0.15) is 0 Å². The minimum absolute atomic E-state index is 0.0838. The third-order valence-corrected chi connectivity index (χ3v) is 6.33. The van der Waals surface area contributed by atoms with Crippen molar-refractivity contribution in [3.05, 3.63) is 78.1 Å². The van der Waals surface area contributed by atoms with Gasteiger partial charge in [0, 0.05) is 17.8 Å². The summed E-state index contributed by atoms with van der Waals surface area (Å²) < 4.78 is 1.68. The van der Waals surface area contributed by atoms with E-state index in [2.05, 4.69) is 21.3 Å². The topological polar surface area (TPSA) is 88.1 Å². The summed E-state index contributed by atoms with van der Waals surface area (Å²) in [7, 11) is 0. The van der Waals surface area contributed by atoms with Gasteiger partial charge in [-0.3, -0.25) is 15.0 Å². The number of benzene rings is 2. The fourth-order valence-electron chi connectivity index (χ4n) is 4.70. The van der Waals surface area contributed by atoms with Crippen LogP contribution in [0, 0.1) is 11.8 Å². The van der Waals surface area contributed by atoms with E-state index in [0.717, 1.165) is 42.6 Å². The molecule has 0 bridgehead atoms. The van der Waals surface area contributed by atoms with Crippen molar-refractivity contribution in [1.29, 1.82) is 0 Å². The summed E-state index contributed by atoms with van der Waals surface area (Å²) in [6.07, 6.45) is 7.58. The number of anilines is 1. The molecular weight excluding hydrogens is 390 g/mol. The van der Waals surface area contributed by atoms with Crippen molar-refractivity contribution < 1.29 is 9.59 Å². The van der Waals surface area contributed by atoms with Crippen LogP contribution < -0.4 is 16.2 Å². The van der Waals surface area contributed by atoms with Crippen molar-refractivity contribution >= 4 is 17.5 Å². The van der Waals surface area contributed by atoms with E-state index in [-0.39, 0.29) is 23.8 Å². The molecule has 1 aliphatic carbocycles. The Balaban J connectivity index is 1.27. The van der Waals surface area contributed by atoms with E-state index in [4.69, 9.17) is 0 Å². The molecule has 2 amide bonds. The van der Waals surface area contributed by atoms with Crippen molar-refractivity contribution in [2.75, 3.05) is 5.32 Å². The van der Waals surface area contributed by atoms with Gasteiger partial charge in [-0.15, -0.1) is 0 Å². The van der Waals surface area contributed by atoms with Crippen molar-refractivity contribution in [2.24, 2.45) is 11.8 Å². The molecule has 1 aliphatic heterocycles. The molecule has 7 nitrogen and oxygen atoms in total. The van der Waals surface area contributed by atoms with Gasteiger partial charge in [0.05, 0.1) is 23.5 Å². The standard InChI is InChI=1S/C24H25N5O2/c30-23(17-14-25-29(15-17)19-6-2-1-3-7-19)26-18-12-10-16(11-13-18)22-20-8-4-5-9-21(20)24(31)28-27-22/h1-3,6-7,10-15,20-22,27H,4-5,8-9H2,(H,26,30)(H,28,31). The van der Waals surface area contributed by atoms with Gasteiger partial charge < -0.3 is 5.32 Å². The van der Waals surface area contributed by atoms with Crippen LogP contribution in [0.5, 0.6) is 0 Å². The SMILES string of the molecule is O=C(Nc1ccc(C2NNC(=O)C3CCCCC32)cc1)c1cnn(-c2ccccc2)c1. The van der Waals surface area contributed by atoms with E-state index in [1.807, 2.05) is 54.6 Å². The quantitative estimate of drug-likeness (QED) is 0.607. The highest BCUT2D eigenvalue weighted by atomic mass is 16.2. The summed E-state index contributed by atoms with van der Waals surface area (Å²) in [4.78, 5) is 24.8. The van der Waals surface area contributed by atoms with Gasteiger partial charge in [0.15, 0.2) is 0 Å². The molecule has 1 saturated carbocycles. The van der Waals surface area contributed by atoms with Crippen LogP contribution in [0.1, 0.15) is 47.6 Å². The minimum Gasteiger partial charge on any atom is -0.322 e. The third kappa shape index (κ3) is 3.96. The maximum absolute atomic E-state index is 12.6. The molecule has 3 atom stereocenters. The maximum Gasteiger partial charge on any atom is 0.258 e. The molecule has 7 heteroatoms. The van der Waals surface area contributed by atoms with E-state index >= 15 is 0 Å². The first-order valence-corrected chi connectivity index (χ1v) is 10.8. The second-order valence-electron chi connectivity index (χ2n) is 8.25. The fourth-order valence-corrected chi connectivity index (χ4v) is 4.70. The molecule has 1 saturated heterocycles. The Morgan fingerprint density at radius 2 is 1.81 bits per heavy atom. The van der Waals surface area contributed by atoms with E-state index in [1.165, 1.54) is 0 Å². The van der Waals surface area contributed by atoms with Crippen molar-refractivity contribution in [1.82, 2.24) is 20.6 Å². The van der Waals surface area contributed by atoms with Gasteiger partial charge in [0.25, 0.3) is 5.91 Å². The Hall–Kier alpha value is -3.45. The summed E-state index contributed by atoms with van der Waals surface area (Å²) in [6.45, 7) is 0. The molecule has 5 rings (SSSR count). The lowest BCUT2D eigenvalue weighted by Crippen LogP contribution is -2.55. The highest BCUT2D eigenvalue weighted by Crippen LogP contribution is 2.40. The van der Waals surface area contributed by atoms with E-state index in [1.54, 1.807) is 17.1 Å².